The normalized spacial score (nSPS) is 10.5. The van der Waals surface area contributed by atoms with Crippen LogP contribution in [0.3, 0.4) is 0 Å². The molecule has 7 heteroatoms. The van der Waals surface area contributed by atoms with E-state index in [1.165, 1.54) is 11.5 Å². The molecule has 3 heterocycles. The number of aromatic amines is 1. The Bertz CT molecular complexity index is 646. The van der Waals surface area contributed by atoms with Crippen molar-refractivity contribution in [2.75, 3.05) is 11.1 Å². The molecular formula is C12H12N6S. The first-order chi connectivity index (χ1) is 9.34. The van der Waals surface area contributed by atoms with Crippen LogP contribution in [0, 0.1) is 0 Å². The largest absolute Gasteiger partial charge is 0.382 e. The van der Waals surface area contributed by atoms with Gasteiger partial charge in [0.25, 0.3) is 0 Å². The molecule has 4 N–H and O–H groups in total. The summed E-state index contributed by atoms with van der Waals surface area (Å²) in [5.41, 5.74) is 8.88. The predicted octanol–water partition coefficient (Wildman–Crippen LogP) is 2.12. The van der Waals surface area contributed by atoms with Gasteiger partial charge in [-0.05, 0) is 35.3 Å². The fraction of sp³-hybridized carbons (Fsp3) is 0.0833. The zero-order valence-electron chi connectivity index (χ0n) is 10.00. The van der Waals surface area contributed by atoms with Gasteiger partial charge in [-0.2, -0.15) is 9.47 Å². The van der Waals surface area contributed by atoms with Crippen molar-refractivity contribution in [3.63, 3.8) is 0 Å². The Balaban J connectivity index is 1.87. The van der Waals surface area contributed by atoms with Gasteiger partial charge in [-0.1, -0.05) is 0 Å². The lowest BCUT2D eigenvalue weighted by atomic mass is 10.1. The van der Waals surface area contributed by atoms with Gasteiger partial charge >= 0.3 is 0 Å². The minimum absolute atomic E-state index is 0.531. The van der Waals surface area contributed by atoms with Crippen molar-refractivity contribution in [3.8, 4) is 11.1 Å². The highest BCUT2D eigenvalue weighted by Gasteiger charge is 2.13. The Morgan fingerprint density at radius 3 is 2.79 bits per heavy atom. The van der Waals surface area contributed by atoms with Crippen molar-refractivity contribution in [1.82, 2.24) is 19.6 Å². The molecule has 0 aliphatic heterocycles. The van der Waals surface area contributed by atoms with E-state index in [0.29, 0.717) is 12.4 Å². The van der Waals surface area contributed by atoms with E-state index in [1.54, 1.807) is 18.6 Å². The molecule has 0 fully saturated rings. The average molecular weight is 272 g/mol. The monoisotopic (exact) mass is 272 g/mol. The zero-order chi connectivity index (χ0) is 13.1. The number of hydrogen-bond acceptors (Lipinski definition) is 6. The molecule has 0 bridgehead atoms. The summed E-state index contributed by atoms with van der Waals surface area (Å²) in [6, 6.07) is 5.76. The molecule has 0 radical (unpaired) electrons. The molecule has 0 saturated carbocycles. The molecule has 0 amide bonds. The van der Waals surface area contributed by atoms with Gasteiger partial charge in [-0.3, -0.25) is 10.1 Å². The number of rotatable bonds is 4. The van der Waals surface area contributed by atoms with Gasteiger partial charge in [0.2, 0.25) is 0 Å². The second kappa shape index (κ2) is 5.07. The van der Waals surface area contributed by atoms with Crippen LogP contribution in [0.15, 0.2) is 36.8 Å². The summed E-state index contributed by atoms with van der Waals surface area (Å²) < 4.78 is 4.20. The first-order valence-electron chi connectivity index (χ1n) is 5.72. The van der Waals surface area contributed by atoms with Gasteiger partial charge in [0, 0.05) is 18.6 Å². The van der Waals surface area contributed by atoms with Crippen LogP contribution < -0.4 is 11.1 Å². The van der Waals surface area contributed by atoms with Crippen LogP contribution in [0.25, 0.3) is 11.1 Å². The number of H-pyrrole nitrogens is 1. The summed E-state index contributed by atoms with van der Waals surface area (Å²) in [7, 11) is 0. The smallest absolute Gasteiger partial charge is 0.147 e. The van der Waals surface area contributed by atoms with E-state index in [4.69, 9.17) is 5.73 Å². The fourth-order valence-electron chi connectivity index (χ4n) is 1.78. The van der Waals surface area contributed by atoms with Crippen molar-refractivity contribution >= 4 is 22.4 Å². The van der Waals surface area contributed by atoms with E-state index >= 15 is 0 Å². The minimum atomic E-state index is 0.531. The Labute approximate surface area is 113 Å². The third-order valence-corrected chi connectivity index (χ3v) is 3.50. The van der Waals surface area contributed by atoms with Crippen LogP contribution in [0.2, 0.25) is 0 Å². The second-order valence-corrected chi connectivity index (χ2v) is 4.72. The topological polar surface area (TPSA) is 92.5 Å². The summed E-state index contributed by atoms with van der Waals surface area (Å²) >= 11 is 1.35. The van der Waals surface area contributed by atoms with Crippen molar-refractivity contribution in [3.05, 3.63) is 42.5 Å². The molecule has 6 nitrogen and oxygen atoms in total. The first-order valence-corrected chi connectivity index (χ1v) is 6.49. The number of pyridine rings is 1. The van der Waals surface area contributed by atoms with Crippen LogP contribution in [0.1, 0.15) is 5.69 Å². The Morgan fingerprint density at radius 1 is 1.21 bits per heavy atom. The molecule has 0 aromatic carbocycles. The van der Waals surface area contributed by atoms with Crippen molar-refractivity contribution in [2.45, 2.75) is 6.54 Å². The quantitative estimate of drug-likeness (QED) is 0.676. The van der Waals surface area contributed by atoms with Crippen LogP contribution >= 0.6 is 11.5 Å². The number of anilines is 2. The number of aromatic nitrogens is 4. The van der Waals surface area contributed by atoms with Crippen LogP contribution in [0.5, 0.6) is 0 Å². The standard InChI is InChI=1S/C12H12N6S/c13-11-10(8-1-4-14-5-2-8)12(19-18-11)15-7-9-3-6-16-17-9/h1-6,15H,7H2,(H2,13,18)(H,16,17). The summed E-state index contributed by atoms with van der Waals surface area (Å²) in [5.74, 6) is 0.531. The van der Waals surface area contributed by atoms with Crippen LogP contribution in [0.4, 0.5) is 10.8 Å². The van der Waals surface area contributed by atoms with Gasteiger partial charge in [0.15, 0.2) is 0 Å². The molecule has 0 unspecified atom stereocenters. The SMILES string of the molecule is Nc1nsc(NCc2ccn[nH]2)c1-c1ccncc1. The number of nitrogens with two attached hydrogens (primary N) is 1. The third-order valence-electron chi connectivity index (χ3n) is 2.69. The van der Waals surface area contributed by atoms with E-state index in [2.05, 4.69) is 24.9 Å². The lowest BCUT2D eigenvalue weighted by Crippen LogP contribution is -2.00. The molecule has 0 atom stereocenters. The highest BCUT2D eigenvalue weighted by Crippen LogP contribution is 2.36. The molecule has 0 spiro atoms. The molecule has 3 rings (SSSR count). The Kier molecular flexibility index (Phi) is 3.11. The highest BCUT2D eigenvalue weighted by molar-refractivity contribution is 7.11. The summed E-state index contributed by atoms with van der Waals surface area (Å²) in [6.07, 6.45) is 5.21. The lowest BCUT2D eigenvalue weighted by Gasteiger charge is -2.06. The molecule has 96 valence electrons. The predicted molar refractivity (Wildman–Crippen MR) is 75.7 cm³/mol. The second-order valence-electron chi connectivity index (χ2n) is 3.94. The van der Waals surface area contributed by atoms with Gasteiger partial charge < -0.3 is 11.1 Å². The Hall–Kier alpha value is -2.41. The van der Waals surface area contributed by atoms with Crippen LogP contribution in [-0.4, -0.2) is 19.6 Å². The number of nitrogens with zero attached hydrogens (tertiary/aromatic N) is 3. The van der Waals surface area contributed by atoms with Crippen LogP contribution in [-0.2, 0) is 6.54 Å². The molecule has 3 aromatic rings. The number of hydrogen-bond donors (Lipinski definition) is 3. The van der Waals surface area contributed by atoms with Crippen molar-refractivity contribution < 1.29 is 0 Å². The average Bonchev–Trinajstić information content (AvgIpc) is 3.07. The number of nitrogen functional groups attached to an aromatic ring is 1. The molecule has 0 saturated heterocycles. The maximum absolute atomic E-state index is 5.94. The summed E-state index contributed by atoms with van der Waals surface area (Å²) in [5, 5.41) is 11.1. The molecule has 0 aliphatic carbocycles. The molecule has 0 aliphatic rings. The Morgan fingerprint density at radius 2 is 2.05 bits per heavy atom. The molecular weight excluding hydrogens is 260 g/mol. The van der Waals surface area contributed by atoms with Crippen molar-refractivity contribution in [1.29, 1.82) is 0 Å². The minimum Gasteiger partial charge on any atom is -0.382 e. The highest BCUT2D eigenvalue weighted by atomic mass is 32.1. The molecule has 3 aromatic heterocycles. The lowest BCUT2D eigenvalue weighted by molar-refractivity contribution is 0.984. The summed E-state index contributed by atoms with van der Waals surface area (Å²) in [4.78, 5) is 4.01. The fourth-order valence-corrected chi connectivity index (χ4v) is 2.51. The van der Waals surface area contributed by atoms with Gasteiger partial charge in [-0.15, -0.1) is 0 Å². The third kappa shape index (κ3) is 2.41. The number of nitrogens with one attached hydrogen (secondary N) is 2. The maximum atomic E-state index is 5.94. The maximum Gasteiger partial charge on any atom is 0.147 e. The molecule has 19 heavy (non-hydrogen) atoms. The first kappa shape index (κ1) is 11.7. The van der Waals surface area contributed by atoms with Crippen molar-refractivity contribution in [2.24, 2.45) is 0 Å². The van der Waals surface area contributed by atoms with Gasteiger partial charge in [0.05, 0.1) is 17.8 Å². The van der Waals surface area contributed by atoms with E-state index < -0.39 is 0 Å². The van der Waals surface area contributed by atoms with Gasteiger partial charge in [0.1, 0.15) is 10.8 Å². The van der Waals surface area contributed by atoms with E-state index in [9.17, 15) is 0 Å². The van der Waals surface area contributed by atoms with Gasteiger partial charge in [-0.25, -0.2) is 0 Å². The zero-order valence-corrected chi connectivity index (χ0v) is 10.8. The summed E-state index contributed by atoms with van der Waals surface area (Å²) in [6.45, 7) is 0.652. The van der Waals surface area contributed by atoms with E-state index in [0.717, 1.165) is 21.8 Å². The van der Waals surface area contributed by atoms with E-state index in [-0.39, 0.29) is 0 Å². The van der Waals surface area contributed by atoms with E-state index in [1.807, 2.05) is 18.2 Å².